The number of aryl methyl sites for hydroxylation is 1. The van der Waals surface area contributed by atoms with Crippen molar-refractivity contribution in [2.24, 2.45) is 0 Å². The lowest BCUT2D eigenvalue weighted by atomic mass is 10.2. The topological polar surface area (TPSA) is 47.3 Å². The number of aromatic nitrogens is 1. The molecule has 3 rings (SSSR count). The highest BCUT2D eigenvalue weighted by molar-refractivity contribution is 5.30. The van der Waals surface area contributed by atoms with Crippen molar-refractivity contribution in [3.8, 4) is 11.8 Å². The molecule has 1 fully saturated rings. The Morgan fingerprint density at radius 3 is 3.05 bits per heavy atom. The second-order valence-corrected chi connectivity index (χ2v) is 4.77. The number of rotatable bonds is 5. The molecule has 0 unspecified atom stereocenters. The average molecular weight is 262 g/mol. The first-order valence-corrected chi connectivity index (χ1v) is 6.32. The molecule has 0 radical (unpaired) electrons. The molecule has 1 aromatic heterocycles. The van der Waals surface area contributed by atoms with E-state index in [2.05, 4.69) is 10.3 Å². The van der Waals surface area contributed by atoms with Crippen LogP contribution in [0.4, 0.5) is 4.39 Å². The SMILES string of the molecule is Cc1cc(Oc2nc(CNC3CC3)co2)ccc1F. The zero-order valence-electron chi connectivity index (χ0n) is 10.6. The first-order chi connectivity index (χ1) is 9.20. The molecular formula is C14H15FN2O2. The molecule has 1 aromatic carbocycles. The summed E-state index contributed by atoms with van der Waals surface area (Å²) in [5.74, 6) is 0.261. The van der Waals surface area contributed by atoms with Crippen LogP contribution in [-0.2, 0) is 6.54 Å². The summed E-state index contributed by atoms with van der Waals surface area (Å²) in [4.78, 5) is 4.21. The van der Waals surface area contributed by atoms with Crippen molar-refractivity contribution in [1.82, 2.24) is 10.3 Å². The maximum Gasteiger partial charge on any atom is 0.399 e. The quantitative estimate of drug-likeness (QED) is 0.899. The predicted molar refractivity (Wildman–Crippen MR) is 67.6 cm³/mol. The number of nitrogens with zero attached hydrogens (tertiary/aromatic N) is 1. The minimum absolute atomic E-state index is 0.179. The number of halogens is 1. The summed E-state index contributed by atoms with van der Waals surface area (Å²) in [6.07, 6.45) is 4.21. The molecule has 100 valence electrons. The van der Waals surface area contributed by atoms with Gasteiger partial charge in [-0.05, 0) is 43.5 Å². The molecule has 4 nitrogen and oxygen atoms in total. The van der Waals surface area contributed by atoms with Gasteiger partial charge in [0.05, 0.1) is 5.69 Å². The van der Waals surface area contributed by atoms with Gasteiger partial charge >= 0.3 is 6.08 Å². The third kappa shape index (κ3) is 3.12. The molecule has 1 heterocycles. The highest BCUT2D eigenvalue weighted by atomic mass is 19.1. The first kappa shape index (κ1) is 12.2. The number of hydrogen-bond donors (Lipinski definition) is 1. The fraction of sp³-hybridized carbons (Fsp3) is 0.357. The molecule has 19 heavy (non-hydrogen) atoms. The smallest absolute Gasteiger partial charge is 0.399 e. The lowest BCUT2D eigenvalue weighted by Gasteiger charge is -2.02. The van der Waals surface area contributed by atoms with Gasteiger partial charge in [-0.25, -0.2) is 4.39 Å². The van der Waals surface area contributed by atoms with Crippen LogP contribution in [0.2, 0.25) is 0 Å². The second-order valence-electron chi connectivity index (χ2n) is 4.77. The Balaban J connectivity index is 1.63. The Morgan fingerprint density at radius 1 is 1.47 bits per heavy atom. The summed E-state index contributed by atoms with van der Waals surface area (Å²) in [7, 11) is 0. The van der Waals surface area contributed by atoms with Gasteiger partial charge in [-0.3, -0.25) is 0 Å². The van der Waals surface area contributed by atoms with Crippen molar-refractivity contribution in [3.63, 3.8) is 0 Å². The molecule has 1 saturated carbocycles. The van der Waals surface area contributed by atoms with E-state index in [1.165, 1.54) is 18.9 Å². The minimum atomic E-state index is -0.255. The zero-order chi connectivity index (χ0) is 13.2. The number of benzene rings is 1. The van der Waals surface area contributed by atoms with E-state index in [4.69, 9.17) is 9.15 Å². The third-order valence-electron chi connectivity index (χ3n) is 3.01. The van der Waals surface area contributed by atoms with Gasteiger partial charge in [0.15, 0.2) is 0 Å². The minimum Gasteiger partial charge on any atom is -0.417 e. The number of ether oxygens (including phenoxy) is 1. The molecule has 2 aromatic rings. The van der Waals surface area contributed by atoms with Crippen LogP contribution in [0, 0.1) is 12.7 Å². The maximum absolute atomic E-state index is 13.1. The van der Waals surface area contributed by atoms with Gasteiger partial charge in [-0.1, -0.05) is 0 Å². The van der Waals surface area contributed by atoms with E-state index in [9.17, 15) is 4.39 Å². The van der Waals surface area contributed by atoms with E-state index >= 15 is 0 Å². The molecular weight excluding hydrogens is 247 g/mol. The lowest BCUT2D eigenvalue weighted by Crippen LogP contribution is -2.15. The summed E-state index contributed by atoms with van der Waals surface area (Å²) >= 11 is 0. The van der Waals surface area contributed by atoms with Crippen molar-refractivity contribution >= 4 is 0 Å². The first-order valence-electron chi connectivity index (χ1n) is 6.32. The van der Waals surface area contributed by atoms with E-state index < -0.39 is 0 Å². The second kappa shape index (κ2) is 5.01. The largest absolute Gasteiger partial charge is 0.417 e. The van der Waals surface area contributed by atoms with Crippen LogP contribution in [-0.4, -0.2) is 11.0 Å². The molecule has 0 spiro atoms. The predicted octanol–water partition coefficient (Wildman–Crippen LogP) is 3.17. The molecule has 0 amide bonds. The van der Waals surface area contributed by atoms with Crippen LogP contribution in [0.15, 0.2) is 28.9 Å². The van der Waals surface area contributed by atoms with Crippen molar-refractivity contribution in [1.29, 1.82) is 0 Å². The summed E-state index contributed by atoms with van der Waals surface area (Å²) in [5.41, 5.74) is 1.33. The summed E-state index contributed by atoms with van der Waals surface area (Å²) in [6, 6.07) is 5.15. The normalized spacial score (nSPS) is 14.6. The van der Waals surface area contributed by atoms with Crippen LogP contribution in [0.1, 0.15) is 24.1 Å². The van der Waals surface area contributed by atoms with Crippen molar-refractivity contribution in [2.75, 3.05) is 0 Å². The van der Waals surface area contributed by atoms with Gasteiger partial charge < -0.3 is 14.5 Å². The number of nitrogens with one attached hydrogen (secondary N) is 1. The molecule has 0 bridgehead atoms. The Bertz CT molecular complexity index is 579. The highest BCUT2D eigenvalue weighted by Crippen LogP contribution is 2.23. The van der Waals surface area contributed by atoms with E-state index in [1.54, 1.807) is 25.3 Å². The monoisotopic (exact) mass is 262 g/mol. The van der Waals surface area contributed by atoms with Gasteiger partial charge in [0.1, 0.15) is 17.8 Å². The van der Waals surface area contributed by atoms with E-state index in [1.807, 2.05) is 0 Å². The van der Waals surface area contributed by atoms with Crippen molar-refractivity contribution < 1.29 is 13.5 Å². The van der Waals surface area contributed by atoms with Crippen LogP contribution >= 0.6 is 0 Å². The Hall–Kier alpha value is -1.88. The van der Waals surface area contributed by atoms with Gasteiger partial charge in [0.25, 0.3) is 0 Å². The van der Waals surface area contributed by atoms with Gasteiger partial charge in [0.2, 0.25) is 0 Å². The van der Waals surface area contributed by atoms with Crippen LogP contribution in [0.5, 0.6) is 11.8 Å². The summed E-state index contributed by atoms with van der Waals surface area (Å²) in [6.45, 7) is 2.36. The van der Waals surface area contributed by atoms with Crippen LogP contribution in [0.25, 0.3) is 0 Å². The molecule has 1 N–H and O–H groups in total. The van der Waals surface area contributed by atoms with Crippen molar-refractivity contribution in [3.05, 3.63) is 41.5 Å². The molecule has 0 aliphatic heterocycles. The Kier molecular flexibility index (Phi) is 3.21. The van der Waals surface area contributed by atoms with Gasteiger partial charge in [-0.2, -0.15) is 4.98 Å². The summed E-state index contributed by atoms with van der Waals surface area (Å²) in [5, 5.41) is 3.34. The Morgan fingerprint density at radius 2 is 2.32 bits per heavy atom. The standard InChI is InChI=1S/C14H15FN2O2/c1-9-6-12(4-5-13(9)15)19-14-17-11(8-18-14)7-16-10-2-3-10/h4-6,8,10,16H,2-3,7H2,1H3. The molecule has 1 aliphatic carbocycles. The van der Waals surface area contributed by atoms with Crippen LogP contribution in [0.3, 0.4) is 0 Å². The summed E-state index contributed by atoms with van der Waals surface area (Å²) < 4.78 is 23.8. The van der Waals surface area contributed by atoms with Crippen molar-refractivity contribution in [2.45, 2.75) is 32.4 Å². The molecule has 0 atom stereocenters. The highest BCUT2D eigenvalue weighted by Gasteiger charge is 2.20. The lowest BCUT2D eigenvalue weighted by molar-refractivity contribution is 0.330. The van der Waals surface area contributed by atoms with Gasteiger partial charge in [-0.15, -0.1) is 0 Å². The third-order valence-corrected chi connectivity index (χ3v) is 3.01. The van der Waals surface area contributed by atoms with E-state index in [0.717, 1.165) is 5.69 Å². The van der Waals surface area contributed by atoms with E-state index in [-0.39, 0.29) is 11.9 Å². The average Bonchev–Trinajstić information content (AvgIpc) is 3.12. The van der Waals surface area contributed by atoms with Crippen LogP contribution < -0.4 is 10.1 Å². The Labute approximate surface area is 110 Å². The molecule has 5 heteroatoms. The number of oxazole rings is 1. The maximum atomic E-state index is 13.1. The molecule has 0 saturated heterocycles. The van der Waals surface area contributed by atoms with E-state index in [0.29, 0.717) is 23.9 Å². The number of hydrogen-bond acceptors (Lipinski definition) is 4. The zero-order valence-corrected chi connectivity index (χ0v) is 10.6. The molecule has 1 aliphatic rings. The fourth-order valence-electron chi connectivity index (χ4n) is 1.73. The fourth-order valence-corrected chi connectivity index (χ4v) is 1.73. The van der Waals surface area contributed by atoms with Gasteiger partial charge in [0, 0.05) is 12.6 Å².